The van der Waals surface area contributed by atoms with Crippen LogP contribution in [0, 0.1) is 5.92 Å². The molecule has 1 heterocycles. The summed E-state index contributed by atoms with van der Waals surface area (Å²) in [5.74, 6) is 0.709. The van der Waals surface area contributed by atoms with E-state index in [4.69, 9.17) is 0 Å². The summed E-state index contributed by atoms with van der Waals surface area (Å²) in [5.41, 5.74) is 2.81. The predicted molar refractivity (Wildman–Crippen MR) is 65.7 cm³/mol. The molecule has 1 atom stereocenters. The molecule has 0 spiro atoms. The highest BCUT2D eigenvalue weighted by Gasteiger charge is 2.02. The molecule has 0 amide bonds. The van der Waals surface area contributed by atoms with Crippen molar-refractivity contribution in [3.8, 4) is 0 Å². The minimum atomic E-state index is 0.709. The molecule has 0 saturated carbocycles. The first kappa shape index (κ1) is 10.4. The van der Waals surface area contributed by atoms with Gasteiger partial charge in [0.25, 0.3) is 0 Å². The number of nitrogens with one attached hydrogen (secondary N) is 1. The number of hydrogen-bond acceptors (Lipinski definition) is 1. The summed E-state index contributed by atoms with van der Waals surface area (Å²) in [6.45, 7) is 4.39. The highest BCUT2D eigenvalue weighted by molar-refractivity contribution is 5.37. The van der Waals surface area contributed by atoms with Crippen molar-refractivity contribution in [3.63, 3.8) is 0 Å². The van der Waals surface area contributed by atoms with Gasteiger partial charge >= 0.3 is 0 Å². The van der Waals surface area contributed by atoms with Crippen molar-refractivity contribution in [2.24, 2.45) is 5.92 Å². The smallest absolute Gasteiger partial charge is 0.0140 e. The largest absolute Gasteiger partial charge is 0.313 e. The van der Waals surface area contributed by atoms with E-state index in [0.717, 1.165) is 19.5 Å². The summed E-state index contributed by atoms with van der Waals surface area (Å²) in [7, 11) is 0. The lowest BCUT2D eigenvalue weighted by atomic mass is 9.97. The Morgan fingerprint density at radius 1 is 1.33 bits per heavy atom. The lowest BCUT2D eigenvalue weighted by molar-refractivity contribution is 0.712. The summed E-state index contributed by atoms with van der Waals surface area (Å²) in [4.78, 5) is 0. The predicted octanol–water partition coefficient (Wildman–Crippen LogP) is 2.98. The standard InChI is InChI=1S/C14H19N/c1-12-2-4-13(5-3-12)6-7-14-8-10-15-11-9-14/h2,4-8,12,15H,3,9-11H2,1H3. The van der Waals surface area contributed by atoms with Gasteiger partial charge in [0, 0.05) is 6.54 Å². The van der Waals surface area contributed by atoms with Crippen LogP contribution in [0.4, 0.5) is 0 Å². The summed E-state index contributed by atoms with van der Waals surface area (Å²) in [6.07, 6.45) is 15.9. The van der Waals surface area contributed by atoms with E-state index in [1.54, 1.807) is 0 Å². The summed E-state index contributed by atoms with van der Waals surface area (Å²) in [6, 6.07) is 0. The minimum Gasteiger partial charge on any atom is -0.313 e. The van der Waals surface area contributed by atoms with Gasteiger partial charge in [0.1, 0.15) is 0 Å². The third kappa shape index (κ3) is 3.21. The van der Waals surface area contributed by atoms with Gasteiger partial charge in [-0.05, 0) is 36.5 Å². The second-order valence-electron chi connectivity index (χ2n) is 4.34. The fourth-order valence-electron chi connectivity index (χ4n) is 1.86. The van der Waals surface area contributed by atoms with Gasteiger partial charge in [-0.15, -0.1) is 0 Å². The Labute approximate surface area is 92.3 Å². The minimum absolute atomic E-state index is 0.709. The van der Waals surface area contributed by atoms with Crippen LogP contribution in [0.1, 0.15) is 19.8 Å². The fourth-order valence-corrected chi connectivity index (χ4v) is 1.86. The molecule has 80 valence electrons. The highest BCUT2D eigenvalue weighted by atomic mass is 14.8. The molecule has 1 unspecified atom stereocenters. The van der Waals surface area contributed by atoms with Crippen molar-refractivity contribution in [2.45, 2.75) is 19.8 Å². The second kappa shape index (κ2) is 5.13. The Kier molecular flexibility index (Phi) is 3.57. The first-order valence-electron chi connectivity index (χ1n) is 5.81. The highest BCUT2D eigenvalue weighted by Crippen LogP contribution is 2.17. The Balaban J connectivity index is 1.94. The van der Waals surface area contributed by atoms with Crippen LogP contribution < -0.4 is 5.32 Å². The van der Waals surface area contributed by atoms with Crippen LogP contribution in [-0.4, -0.2) is 13.1 Å². The van der Waals surface area contributed by atoms with E-state index in [1.807, 2.05) is 0 Å². The molecule has 1 aliphatic carbocycles. The van der Waals surface area contributed by atoms with Crippen LogP contribution in [0.2, 0.25) is 0 Å². The molecule has 1 N–H and O–H groups in total. The molecule has 0 saturated heterocycles. The number of hydrogen-bond donors (Lipinski definition) is 1. The molecule has 0 aromatic rings. The van der Waals surface area contributed by atoms with Gasteiger partial charge in [0.05, 0.1) is 0 Å². The van der Waals surface area contributed by atoms with E-state index in [-0.39, 0.29) is 0 Å². The monoisotopic (exact) mass is 201 g/mol. The van der Waals surface area contributed by atoms with E-state index in [1.165, 1.54) is 17.6 Å². The molecule has 0 aromatic carbocycles. The molecule has 0 fully saturated rings. The summed E-state index contributed by atoms with van der Waals surface area (Å²) in [5, 5.41) is 3.32. The summed E-state index contributed by atoms with van der Waals surface area (Å²) < 4.78 is 0. The van der Waals surface area contributed by atoms with Crippen molar-refractivity contribution in [1.82, 2.24) is 5.32 Å². The third-order valence-electron chi connectivity index (χ3n) is 2.93. The van der Waals surface area contributed by atoms with E-state index in [2.05, 4.69) is 48.7 Å². The normalized spacial score (nSPS) is 26.6. The lowest BCUT2D eigenvalue weighted by Gasteiger charge is -2.11. The average Bonchev–Trinajstić information content (AvgIpc) is 2.30. The van der Waals surface area contributed by atoms with E-state index in [9.17, 15) is 0 Å². The fraction of sp³-hybridized carbons (Fsp3) is 0.429. The molecule has 1 heteroatoms. The zero-order valence-corrected chi connectivity index (χ0v) is 9.37. The van der Waals surface area contributed by atoms with Gasteiger partial charge in [-0.25, -0.2) is 0 Å². The van der Waals surface area contributed by atoms with Crippen LogP contribution in [-0.2, 0) is 0 Å². The second-order valence-corrected chi connectivity index (χ2v) is 4.34. The molecule has 0 radical (unpaired) electrons. The van der Waals surface area contributed by atoms with Crippen LogP contribution >= 0.6 is 0 Å². The zero-order chi connectivity index (χ0) is 10.5. The van der Waals surface area contributed by atoms with Gasteiger partial charge < -0.3 is 5.32 Å². The molecule has 2 rings (SSSR count). The van der Waals surface area contributed by atoms with Gasteiger partial charge in [-0.3, -0.25) is 0 Å². The molecule has 1 nitrogen and oxygen atoms in total. The Hall–Kier alpha value is -1.08. The van der Waals surface area contributed by atoms with Crippen molar-refractivity contribution in [2.75, 3.05) is 13.1 Å². The van der Waals surface area contributed by atoms with Crippen LogP contribution in [0.25, 0.3) is 0 Å². The van der Waals surface area contributed by atoms with Crippen molar-refractivity contribution >= 4 is 0 Å². The first-order chi connectivity index (χ1) is 7.34. The molecular formula is C14H19N. The van der Waals surface area contributed by atoms with Gasteiger partial charge in [-0.2, -0.15) is 0 Å². The Bertz CT molecular complexity index is 331. The first-order valence-corrected chi connectivity index (χ1v) is 5.81. The van der Waals surface area contributed by atoms with Crippen molar-refractivity contribution in [3.05, 3.63) is 47.6 Å². The lowest BCUT2D eigenvalue weighted by Crippen LogP contribution is -2.19. The maximum atomic E-state index is 3.32. The van der Waals surface area contributed by atoms with E-state index < -0.39 is 0 Å². The van der Waals surface area contributed by atoms with E-state index >= 15 is 0 Å². The SMILES string of the molecule is CC1C=CC(C=CC2=CCNCC2)=CC1. The Morgan fingerprint density at radius 2 is 2.27 bits per heavy atom. The average molecular weight is 201 g/mol. The van der Waals surface area contributed by atoms with Crippen molar-refractivity contribution in [1.29, 1.82) is 0 Å². The van der Waals surface area contributed by atoms with Crippen LogP contribution in [0.15, 0.2) is 47.6 Å². The maximum absolute atomic E-state index is 3.32. The van der Waals surface area contributed by atoms with E-state index in [0.29, 0.717) is 5.92 Å². The topological polar surface area (TPSA) is 12.0 Å². The molecule has 1 aliphatic heterocycles. The van der Waals surface area contributed by atoms with Gasteiger partial charge in [-0.1, -0.05) is 43.4 Å². The van der Waals surface area contributed by atoms with Gasteiger partial charge in [0.2, 0.25) is 0 Å². The molecule has 2 aliphatic rings. The summed E-state index contributed by atoms with van der Waals surface area (Å²) >= 11 is 0. The van der Waals surface area contributed by atoms with Gasteiger partial charge in [0.15, 0.2) is 0 Å². The number of allylic oxidation sites excluding steroid dienone is 6. The van der Waals surface area contributed by atoms with Crippen molar-refractivity contribution < 1.29 is 0 Å². The molecule has 0 bridgehead atoms. The molecule has 0 aromatic heterocycles. The zero-order valence-electron chi connectivity index (χ0n) is 9.37. The Morgan fingerprint density at radius 3 is 2.93 bits per heavy atom. The van der Waals surface area contributed by atoms with Crippen LogP contribution in [0.5, 0.6) is 0 Å². The van der Waals surface area contributed by atoms with Crippen LogP contribution in [0.3, 0.4) is 0 Å². The molecular weight excluding hydrogens is 182 g/mol. The molecule has 15 heavy (non-hydrogen) atoms. The third-order valence-corrected chi connectivity index (χ3v) is 2.93. The quantitative estimate of drug-likeness (QED) is 0.724. The maximum Gasteiger partial charge on any atom is 0.0140 e. The number of rotatable bonds is 2.